The van der Waals surface area contributed by atoms with Crippen LogP contribution in [0.3, 0.4) is 0 Å². The molecule has 0 bridgehead atoms. The molecule has 1 aliphatic rings. The molecule has 3 rings (SSSR count). The van der Waals surface area contributed by atoms with Crippen molar-refractivity contribution in [2.75, 3.05) is 0 Å². The molecule has 0 amide bonds. The van der Waals surface area contributed by atoms with Crippen molar-refractivity contribution in [1.82, 2.24) is 9.97 Å². The Kier molecular flexibility index (Phi) is 4.68. The third kappa shape index (κ3) is 3.33. The molecule has 0 N–H and O–H groups in total. The van der Waals surface area contributed by atoms with E-state index in [1.165, 1.54) is 19.3 Å². The van der Waals surface area contributed by atoms with Gasteiger partial charge in [-0.1, -0.05) is 66.2 Å². The van der Waals surface area contributed by atoms with E-state index >= 15 is 0 Å². The molecule has 110 valence electrons. The van der Waals surface area contributed by atoms with Gasteiger partial charge in [0.25, 0.3) is 0 Å². The minimum Gasteiger partial charge on any atom is -0.220 e. The second kappa shape index (κ2) is 6.51. The summed E-state index contributed by atoms with van der Waals surface area (Å²) < 4.78 is 0. The zero-order valence-corrected chi connectivity index (χ0v) is 13.7. The first-order valence-corrected chi connectivity index (χ1v) is 8.27. The van der Waals surface area contributed by atoms with Crippen LogP contribution in [0.2, 0.25) is 15.3 Å². The van der Waals surface area contributed by atoms with Gasteiger partial charge in [0, 0.05) is 10.9 Å². The van der Waals surface area contributed by atoms with E-state index in [1.807, 2.05) is 12.1 Å². The number of nitrogens with zero attached hydrogens (tertiary/aromatic N) is 2. The highest BCUT2D eigenvalue weighted by atomic mass is 35.5. The molecule has 1 fully saturated rings. The highest BCUT2D eigenvalue weighted by Crippen LogP contribution is 2.37. The quantitative estimate of drug-likeness (QED) is 0.612. The molecule has 1 aromatic carbocycles. The maximum Gasteiger partial charge on any atom is 0.142 e. The van der Waals surface area contributed by atoms with E-state index in [0.29, 0.717) is 26.8 Å². The summed E-state index contributed by atoms with van der Waals surface area (Å²) in [5.74, 6) is 1.16. The van der Waals surface area contributed by atoms with Crippen LogP contribution in [-0.2, 0) is 0 Å². The van der Waals surface area contributed by atoms with Crippen LogP contribution in [0, 0.1) is 0 Å². The van der Waals surface area contributed by atoms with Crippen LogP contribution >= 0.6 is 34.8 Å². The van der Waals surface area contributed by atoms with Crippen molar-refractivity contribution in [2.45, 2.75) is 38.0 Å². The van der Waals surface area contributed by atoms with Crippen molar-refractivity contribution < 1.29 is 0 Å². The highest BCUT2D eigenvalue weighted by molar-refractivity contribution is 6.37. The van der Waals surface area contributed by atoms with Crippen LogP contribution in [0.1, 0.15) is 43.8 Å². The van der Waals surface area contributed by atoms with Crippen molar-refractivity contribution in [3.63, 3.8) is 0 Å². The van der Waals surface area contributed by atoms with Gasteiger partial charge in [-0.05, 0) is 30.5 Å². The van der Waals surface area contributed by atoms with Gasteiger partial charge in [-0.25, -0.2) is 9.97 Å². The maximum atomic E-state index is 6.36. The molecule has 1 heterocycles. The molecule has 0 aliphatic heterocycles. The van der Waals surface area contributed by atoms with Crippen LogP contribution < -0.4 is 0 Å². The van der Waals surface area contributed by atoms with Gasteiger partial charge in [0.05, 0.1) is 5.56 Å². The average molecular weight is 342 g/mol. The third-order valence-electron chi connectivity index (χ3n) is 3.94. The minimum absolute atomic E-state index is 0.382. The van der Waals surface area contributed by atoms with Crippen molar-refractivity contribution in [3.8, 4) is 11.1 Å². The lowest BCUT2D eigenvalue weighted by Gasteiger charge is -2.21. The summed E-state index contributed by atoms with van der Waals surface area (Å²) in [6.45, 7) is 0. The lowest BCUT2D eigenvalue weighted by Crippen LogP contribution is -2.09. The van der Waals surface area contributed by atoms with Crippen LogP contribution in [0.4, 0.5) is 0 Å². The highest BCUT2D eigenvalue weighted by Gasteiger charge is 2.21. The standard InChI is InChI=1S/C16H15Cl3N2/c17-12-8-6-10(7-9-12)13-14(18)20-16(21-15(13)19)11-4-2-1-3-5-11/h6-9,11H,1-5H2. The maximum absolute atomic E-state index is 6.36. The first-order chi connectivity index (χ1) is 10.1. The van der Waals surface area contributed by atoms with Crippen molar-refractivity contribution in [2.24, 2.45) is 0 Å². The van der Waals surface area contributed by atoms with Crippen molar-refractivity contribution in [1.29, 1.82) is 0 Å². The Morgan fingerprint density at radius 1 is 0.810 bits per heavy atom. The number of hydrogen-bond donors (Lipinski definition) is 0. The predicted octanol–water partition coefficient (Wildman–Crippen LogP) is 6.15. The van der Waals surface area contributed by atoms with Crippen LogP contribution in [0.15, 0.2) is 24.3 Å². The fourth-order valence-corrected chi connectivity index (χ4v) is 3.57. The van der Waals surface area contributed by atoms with Crippen LogP contribution in [0.25, 0.3) is 11.1 Å². The summed E-state index contributed by atoms with van der Waals surface area (Å²) >= 11 is 18.6. The first-order valence-electron chi connectivity index (χ1n) is 7.14. The monoisotopic (exact) mass is 340 g/mol. The molecule has 1 aliphatic carbocycles. The molecular weight excluding hydrogens is 327 g/mol. The molecule has 21 heavy (non-hydrogen) atoms. The Labute approximate surface area is 139 Å². The molecule has 2 aromatic rings. The third-order valence-corrected chi connectivity index (χ3v) is 4.74. The smallest absolute Gasteiger partial charge is 0.142 e. The lowest BCUT2D eigenvalue weighted by molar-refractivity contribution is 0.428. The van der Waals surface area contributed by atoms with Gasteiger partial charge in [0.15, 0.2) is 0 Å². The number of rotatable bonds is 2. The second-order valence-corrected chi connectivity index (χ2v) is 6.53. The van der Waals surface area contributed by atoms with Crippen molar-refractivity contribution >= 4 is 34.8 Å². The summed E-state index contributed by atoms with van der Waals surface area (Å²) in [5.41, 5.74) is 1.55. The first kappa shape index (κ1) is 15.1. The second-order valence-electron chi connectivity index (χ2n) is 5.38. The molecule has 0 radical (unpaired) electrons. The van der Waals surface area contributed by atoms with Gasteiger partial charge in [-0.3, -0.25) is 0 Å². The summed E-state index contributed by atoms with van der Waals surface area (Å²) in [5, 5.41) is 1.50. The number of hydrogen-bond acceptors (Lipinski definition) is 2. The van der Waals surface area contributed by atoms with Gasteiger partial charge in [0.2, 0.25) is 0 Å². The molecule has 1 aromatic heterocycles. The Morgan fingerprint density at radius 3 is 1.95 bits per heavy atom. The number of halogens is 3. The largest absolute Gasteiger partial charge is 0.220 e. The molecular formula is C16H15Cl3N2. The summed E-state index contributed by atoms with van der Waals surface area (Å²) in [4.78, 5) is 8.99. The van der Waals surface area contributed by atoms with Crippen LogP contribution in [0.5, 0.6) is 0 Å². The number of aromatic nitrogens is 2. The van der Waals surface area contributed by atoms with Crippen molar-refractivity contribution in [3.05, 3.63) is 45.4 Å². The topological polar surface area (TPSA) is 25.8 Å². The molecule has 1 saturated carbocycles. The molecule has 0 atom stereocenters. The lowest BCUT2D eigenvalue weighted by atomic mass is 9.88. The van der Waals surface area contributed by atoms with Gasteiger partial charge >= 0.3 is 0 Å². The minimum atomic E-state index is 0.382. The van der Waals surface area contributed by atoms with E-state index < -0.39 is 0 Å². The van der Waals surface area contributed by atoms with Gasteiger partial charge in [-0.2, -0.15) is 0 Å². The van der Waals surface area contributed by atoms with Gasteiger partial charge in [0.1, 0.15) is 16.1 Å². The van der Waals surface area contributed by atoms with E-state index in [1.54, 1.807) is 12.1 Å². The zero-order chi connectivity index (χ0) is 14.8. The van der Waals surface area contributed by atoms with E-state index in [-0.39, 0.29) is 0 Å². The predicted molar refractivity (Wildman–Crippen MR) is 88.3 cm³/mol. The summed E-state index contributed by atoms with van der Waals surface area (Å²) in [6, 6.07) is 7.36. The Hall–Kier alpha value is -0.830. The SMILES string of the molecule is Clc1ccc(-c2c(Cl)nc(C3CCCCC3)nc2Cl)cc1. The molecule has 5 heteroatoms. The van der Waals surface area contributed by atoms with E-state index in [9.17, 15) is 0 Å². The molecule has 2 nitrogen and oxygen atoms in total. The molecule has 0 spiro atoms. The summed E-state index contributed by atoms with van der Waals surface area (Å²) in [6.07, 6.45) is 5.98. The Bertz CT molecular complexity index is 611. The fourth-order valence-electron chi connectivity index (χ4n) is 2.82. The van der Waals surface area contributed by atoms with E-state index in [2.05, 4.69) is 9.97 Å². The zero-order valence-electron chi connectivity index (χ0n) is 11.5. The van der Waals surface area contributed by atoms with Crippen LogP contribution in [-0.4, -0.2) is 9.97 Å². The number of benzene rings is 1. The normalized spacial score (nSPS) is 16.1. The Balaban J connectivity index is 1.97. The van der Waals surface area contributed by atoms with Gasteiger partial charge < -0.3 is 0 Å². The Morgan fingerprint density at radius 2 is 1.38 bits per heavy atom. The average Bonchev–Trinajstić information content (AvgIpc) is 2.49. The molecule has 0 saturated heterocycles. The fraction of sp³-hybridized carbons (Fsp3) is 0.375. The van der Waals surface area contributed by atoms with Gasteiger partial charge in [-0.15, -0.1) is 0 Å². The van der Waals surface area contributed by atoms with E-state index in [0.717, 1.165) is 24.2 Å². The molecule has 0 unspecified atom stereocenters. The summed E-state index contributed by atoms with van der Waals surface area (Å²) in [7, 11) is 0. The van der Waals surface area contributed by atoms with E-state index in [4.69, 9.17) is 34.8 Å².